The largest absolute Gasteiger partial charge is 0.469 e. The molecular weight excluding hydrogens is 429 g/mol. The minimum absolute atomic E-state index is 0. The van der Waals surface area contributed by atoms with Crippen molar-refractivity contribution >= 4 is 29.9 Å². The lowest BCUT2D eigenvalue weighted by molar-refractivity contribution is -0.107. The Kier molecular flexibility index (Phi) is 8.55. The van der Waals surface area contributed by atoms with Crippen LogP contribution in [0.3, 0.4) is 0 Å². The van der Waals surface area contributed by atoms with Crippen LogP contribution in [0.4, 0.5) is 0 Å². The van der Waals surface area contributed by atoms with Gasteiger partial charge in [0.05, 0.1) is 11.9 Å². The molecule has 142 valence electrons. The quantitative estimate of drug-likeness (QED) is 0.397. The van der Waals surface area contributed by atoms with E-state index in [1.807, 2.05) is 12.1 Å². The molecule has 0 radical (unpaired) electrons. The third-order valence-electron chi connectivity index (χ3n) is 5.15. The molecule has 0 aromatic carbocycles. The van der Waals surface area contributed by atoms with Crippen LogP contribution in [0.15, 0.2) is 27.8 Å². The first-order valence-corrected chi connectivity index (χ1v) is 9.51. The van der Waals surface area contributed by atoms with Gasteiger partial charge >= 0.3 is 0 Å². The Morgan fingerprint density at radius 3 is 2.88 bits per heavy atom. The van der Waals surface area contributed by atoms with Gasteiger partial charge in [0.15, 0.2) is 5.96 Å². The van der Waals surface area contributed by atoms with Gasteiger partial charge in [0, 0.05) is 32.2 Å². The minimum atomic E-state index is 0. The van der Waals surface area contributed by atoms with Gasteiger partial charge in [-0.15, -0.1) is 24.0 Å². The third kappa shape index (κ3) is 6.16. The second-order valence-corrected chi connectivity index (χ2v) is 7.02. The van der Waals surface area contributed by atoms with Gasteiger partial charge in [0.1, 0.15) is 5.76 Å². The predicted octanol–water partition coefficient (Wildman–Crippen LogP) is 3.88. The van der Waals surface area contributed by atoms with E-state index in [4.69, 9.17) is 14.1 Å². The normalized spacial score (nSPS) is 23.1. The molecule has 1 atom stereocenters. The Labute approximate surface area is 168 Å². The van der Waals surface area contributed by atoms with Crippen LogP contribution in [-0.2, 0) is 11.2 Å². The lowest BCUT2D eigenvalue weighted by Gasteiger charge is -2.44. The highest BCUT2D eigenvalue weighted by molar-refractivity contribution is 14.0. The molecular formula is C19H32IN3O2. The van der Waals surface area contributed by atoms with Crippen LogP contribution in [0.5, 0.6) is 0 Å². The summed E-state index contributed by atoms with van der Waals surface area (Å²) in [4.78, 5) is 4.71. The molecule has 2 N–H and O–H groups in total. The molecule has 2 aliphatic rings. The van der Waals surface area contributed by atoms with E-state index in [9.17, 15) is 0 Å². The molecule has 1 unspecified atom stereocenters. The molecule has 2 fully saturated rings. The van der Waals surface area contributed by atoms with E-state index >= 15 is 0 Å². The fourth-order valence-electron chi connectivity index (χ4n) is 3.94. The lowest BCUT2D eigenvalue weighted by atomic mass is 9.78. The van der Waals surface area contributed by atoms with Crippen molar-refractivity contribution in [3.05, 3.63) is 24.2 Å². The highest BCUT2D eigenvalue weighted by atomic mass is 127. The van der Waals surface area contributed by atoms with Crippen molar-refractivity contribution in [3.63, 3.8) is 0 Å². The Balaban J connectivity index is 0.00000225. The molecule has 25 heavy (non-hydrogen) atoms. The van der Waals surface area contributed by atoms with Gasteiger partial charge < -0.3 is 19.8 Å². The molecule has 1 aromatic heterocycles. The summed E-state index contributed by atoms with van der Waals surface area (Å²) in [5.74, 6) is 1.91. The zero-order valence-electron chi connectivity index (χ0n) is 15.3. The first-order chi connectivity index (χ1) is 11.8. The summed E-state index contributed by atoms with van der Waals surface area (Å²) >= 11 is 0. The van der Waals surface area contributed by atoms with E-state index < -0.39 is 0 Å². The Hall–Kier alpha value is -0.760. The minimum Gasteiger partial charge on any atom is -0.469 e. The molecule has 3 rings (SSSR count). The van der Waals surface area contributed by atoms with Gasteiger partial charge in [-0.3, -0.25) is 4.99 Å². The SMILES string of the molecule is CCNC(=NCCc1ccco1)NC1CCOC2(CCCCC2)C1.I. The van der Waals surface area contributed by atoms with Crippen molar-refractivity contribution in [2.45, 2.75) is 69.9 Å². The van der Waals surface area contributed by atoms with E-state index in [1.165, 1.54) is 32.1 Å². The number of aliphatic imine (C=N–C) groups is 1. The van der Waals surface area contributed by atoms with Crippen LogP contribution in [0.2, 0.25) is 0 Å². The van der Waals surface area contributed by atoms with Gasteiger partial charge in [-0.05, 0) is 44.7 Å². The topological polar surface area (TPSA) is 58.8 Å². The van der Waals surface area contributed by atoms with Gasteiger partial charge in [0.25, 0.3) is 0 Å². The van der Waals surface area contributed by atoms with Crippen LogP contribution in [0.1, 0.15) is 57.6 Å². The zero-order valence-corrected chi connectivity index (χ0v) is 17.6. The smallest absolute Gasteiger partial charge is 0.191 e. The van der Waals surface area contributed by atoms with Crippen LogP contribution >= 0.6 is 24.0 Å². The Bertz CT molecular complexity index is 507. The first-order valence-electron chi connectivity index (χ1n) is 9.51. The Morgan fingerprint density at radius 2 is 2.16 bits per heavy atom. The summed E-state index contributed by atoms with van der Waals surface area (Å²) in [6, 6.07) is 4.38. The number of ether oxygens (including phenoxy) is 1. The number of halogens is 1. The second kappa shape index (κ2) is 10.4. The number of rotatable bonds is 5. The summed E-state index contributed by atoms with van der Waals surface area (Å²) in [6.07, 6.45) is 11.1. The van der Waals surface area contributed by atoms with Gasteiger partial charge in [-0.25, -0.2) is 0 Å². The summed E-state index contributed by atoms with van der Waals surface area (Å²) < 4.78 is 11.6. The van der Waals surface area contributed by atoms with Gasteiger partial charge in [-0.1, -0.05) is 19.3 Å². The van der Waals surface area contributed by atoms with Crippen molar-refractivity contribution in [2.75, 3.05) is 19.7 Å². The van der Waals surface area contributed by atoms with Gasteiger partial charge in [0.2, 0.25) is 0 Å². The van der Waals surface area contributed by atoms with E-state index in [1.54, 1.807) is 6.26 Å². The van der Waals surface area contributed by atoms with Crippen LogP contribution < -0.4 is 10.6 Å². The molecule has 6 heteroatoms. The summed E-state index contributed by atoms with van der Waals surface area (Å²) in [6.45, 7) is 4.58. The second-order valence-electron chi connectivity index (χ2n) is 7.02. The molecule has 0 amide bonds. The van der Waals surface area contributed by atoms with Crippen LogP contribution in [0.25, 0.3) is 0 Å². The van der Waals surface area contributed by atoms with Crippen molar-refractivity contribution in [1.82, 2.24) is 10.6 Å². The van der Waals surface area contributed by atoms with Crippen molar-refractivity contribution < 1.29 is 9.15 Å². The van der Waals surface area contributed by atoms with E-state index in [0.29, 0.717) is 6.04 Å². The summed E-state index contributed by atoms with van der Waals surface area (Å²) in [7, 11) is 0. The van der Waals surface area contributed by atoms with Crippen molar-refractivity contribution in [1.29, 1.82) is 0 Å². The van der Waals surface area contributed by atoms with Crippen LogP contribution in [-0.4, -0.2) is 37.3 Å². The number of hydrogen-bond donors (Lipinski definition) is 2. The maximum absolute atomic E-state index is 6.20. The zero-order chi connectivity index (χ0) is 16.7. The number of hydrogen-bond acceptors (Lipinski definition) is 3. The molecule has 1 aliphatic carbocycles. The van der Waals surface area contributed by atoms with E-state index in [2.05, 4.69) is 17.6 Å². The number of nitrogens with zero attached hydrogens (tertiary/aromatic N) is 1. The summed E-state index contributed by atoms with van der Waals surface area (Å²) in [5, 5.41) is 7.01. The molecule has 5 nitrogen and oxygen atoms in total. The number of nitrogens with one attached hydrogen (secondary N) is 2. The first kappa shape index (κ1) is 20.6. The third-order valence-corrected chi connectivity index (χ3v) is 5.15. The molecule has 1 saturated carbocycles. The highest BCUT2D eigenvalue weighted by Crippen LogP contribution is 2.38. The number of guanidine groups is 1. The maximum atomic E-state index is 6.20. The Morgan fingerprint density at radius 1 is 1.32 bits per heavy atom. The molecule has 2 heterocycles. The van der Waals surface area contributed by atoms with Crippen LogP contribution in [0, 0.1) is 0 Å². The number of furan rings is 1. The molecule has 1 saturated heterocycles. The van der Waals surface area contributed by atoms with Crippen molar-refractivity contribution in [3.8, 4) is 0 Å². The predicted molar refractivity (Wildman–Crippen MR) is 112 cm³/mol. The lowest BCUT2D eigenvalue weighted by Crippen LogP contribution is -2.52. The molecule has 1 aliphatic heterocycles. The monoisotopic (exact) mass is 461 g/mol. The fourth-order valence-corrected chi connectivity index (χ4v) is 3.94. The average Bonchev–Trinajstić information content (AvgIpc) is 3.09. The molecule has 1 aromatic rings. The summed E-state index contributed by atoms with van der Waals surface area (Å²) in [5.41, 5.74) is 0.125. The highest BCUT2D eigenvalue weighted by Gasteiger charge is 2.38. The standard InChI is InChI=1S/C19H31N3O2.HI/c1-2-20-18(21-12-8-17-7-6-13-23-17)22-16-9-14-24-19(15-16)10-4-3-5-11-19;/h6-7,13,16H,2-5,8-12,14-15H2,1H3,(H2,20,21,22);1H. The fraction of sp³-hybridized carbons (Fsp3) is 0.737. The van der Waals surface area contributed by atoms with Gasteiger partial charge in [-0.2, -0.15) is 0 Å². The maximum Gasteiger partial charge on any atom is 0.191 e. The van der Waals surface area contributed by atoms with Crippen molar-refractivity contribution in [2.24, 2.45) is 4.99 Å². The average molecular weight is 461 g/mol. The molecule has 0 bridgehead atoms. The molecule has 1 spiro atoms. The van der Waals surface area contributed by atoms with E-state index in [-0.39, 0.29) is 29.6 Å². The van der Waals surface area contributed by atoms with E-state index in [0.717, 1.165) is 50.7 Å².